The molecule has 0 bridgehead atoms. The van der Waals surface area contributed by atoms with Crippen molar-refractivity contribution in [3.8, 4) is 5.75 Å². The molecule has 1 amide bonds. The fourth-order valence-electron chi connectivity index (χ4n) is 1.13. The number of hydrogen-bond acceptors (Lipinski definition) is 2. The fraction of sp³-hybridized carbons (Fsp3) is 0.250. The van der Waals surface area contributed by atoms with Gasteiger partial charge in [-0.15, -0.1) is 6.58 Å². The highest BCUT2D eigenvalue weighted by molar-refractivity contribution is 5.90. The lowest BCUT2D eigenvalue weighted by Gasteiger charge is -2.05. The van der Waals surface area contributed by atoms with E-state index in [9.17, 15) is 4.79 Å². The maximum atomic E-state index is 11.3. The molecule has 80 valence electrons. The molecular weight excluding hydrogens is 190 g/mol. The number of carbonyl (C=O) groups excluding carboxylic acids is 1. The zero-order valence-electron chi connectivity index (χ0n) is 8.82. The van der Waals surface area contributed by atoms with Crippen LogP contribution < -0.4 is 10.1 Å². The SMILES string of the molecule is C=CCCC(=O)Nc1ccc(OC)cc1. The summed E-state index contributed by atoms with van der Waals surface area (Å²) >= 11 is 0. The van der Waals surface area contributed by atoms with Gasteiger partial charge in [0.05, 0.1) is 7.11 Å². The van der Waals surface area contributed by atoms with Crippen molar-refractivity contribution in [1.29, 1.82) is 0 Å². The zero-order chi connectivity index (χ0) is 11.1. The predicted octanol–water partition coefficient (Wildman–Crippen LogP) is 2.60. The topological polar surface area (TPSA) is 38.3 Å². The molecule has 3 nitrogen and oxygen atoms in total. The molecule has 15 heavy (non-hydrogen) atoms. The molecule has 0 unspecified atom stereocenters. The van der Waals surface area contributed by atoms with E-state index in [4.69, 9.17) is 4.74 Å². The van der Waals surface area contributed by atoms with Crippen molar-refractivity contribution in [2.24, 2.45) is 0 Å². The van der Waals surface area contributed by atoms with Gasteiger partial charge in [-0.3, -0.25) is 4.79 Å². The Kier molecular flexibility index (Phi) is 4.41. The Labute approximate surface area is 89.8 Å². The number of amides is 1. The molecule has 3 heteroatoms. The number of benzene rings is 1. The van der Waals surface area contributed by atoms with E-state index in [2.05, 4.69) is 11.9 Å². The Morgan fingerprint density at radius 3 is 2.67 bits per heavy atom. The average molecular weight is 205 g/mol. The van der Waals surface area contributed by atoms with Gasteiger partial charge >= 0.3 is 0 Å². The second-order valence-electron chi connectivity index (χ2n) is 3.10. The lowest BCUT2D eigenvalue weighted by molar-refractivity contribution is -0.116. The van der Waals surface area contributed by atoms with E-state index in [-0.39, 0.29) is 5.91 Å². The predicted molar refractivity (Wildman–Crippen MR) is 61.1 cm³/mol. The summed E-state index contributed by atoms with van der Waals surface area (Å²) in [6.07, 6.45) is 2.89. The minimum Gasteiger partial charge on any atom is -0.497 e. The quantitative estimate of drug-likeness (QED) is 0.750. The minimum absolute atomic E-state index is 0.0000619. The van der Waals surface area contributed by atoms with Crippen LogP contribution in [-0.4, -0.2) is 13.0 Å². The molecule has 0 fully saturated rings. The highest BCUT2D eigenvalue weighted by Crippen LogP contribution is 2.15. The van der Waals surface area contributed by atoms with E-state index in [1.807, 2.05) is 24.3 Å². The van der Waals surface area contributed by atoms with Crippen molar-refractivity contribution in [2.45, 2.75) is 12.8 Å². The van der Waals surface area contributed by atoms with Gasteiger partial charge in [-0.2, -0.15) is 0 Å². The molecule has 1 N–H and O–H groups in total. The molecule has 1 rings (SSSR count). The first-order chi connectivity index (χ1) is 7.26. The summed E-state index contributed by atoms with van der Waals surface area (Å²) in [6.45, 7) is 3.57. The molecule has 0 aliphatic carbocycles. The molecule has 1 aromatic rings. The summed E-state index contributed by atoms with van der Waals surface area (Å²) < 4.78 is 5.01. The molecule has 0 heterocycles. The van der Waals surface area contributed by atoms with Gasteiger partial charge in [0.2, 0.25) is 5.91 Å². The maximum absolute atomic E-state index is 11.3. The van der Waals surface area contributed by atoms with Crippen molar-refractivity contribution in [1.82, 2.24) is 0 Å². The molecular formula is C12H15NO2. The van der Waals surface area contributed by atoms with Gasteiger partial charge in [-0.05, 0) is 30.7 Å². The molecule has 0 radical (unpaired) electrons. The Morgan fingerprint density at radius 2 is 2.13 bits per heavy atom. The van der Waals surface area contributed by atoms with Crippen LogP contribution in [-0.2, 0) is 4.79 Å². The molecule has 0 atom stereocenters. The number of carbonyl (C=O) groups is 1. The molecule has 0 spiro atoms. The number of allylic oxidation sites excluding steroid dienone is 1. The second kappa shape index (κ2) is 5.86. The van der Waals surface area contributed by atoms with Crippen molar-refractivity contribution in [2.75, 3.05) is 12.4 Å². The summed E-state index contributed by atoms with van der Waals surface area (Å²) in [5, 5.41) is 2.79. The van der Waals surface area contributed by atoms with Crippen LogP contribution in [0.4, 0.5) is 5.69 Å². The Bertz CT molecular complexity index is 330. The standard InChI is InChI=1S/C12H15NO2/c1-3-4-5-12(14)13-10-6-8-11(15-2)9-7-10/h3,6-9H,1,4-5H2,2H3,(H,13,14). The van der Waals surface area contributed by atoms with Crippen molar-refractivity contribution >= 4 is 11.6 Å². The van der Waals surface area contributed by atoms with E-state index >= 15 is 0 Å². The van der Waals surface area contributed by atoms with E-state index < -0.39 is 0 Å². The maximum Gasteiger partial charge on any atom is 0.224 e. The molecule has 0 aromatic heterocycles. The molecule has 0 aliphatic heterocycles. The van der Waals surface area contributed by atoms with Gasteiger partial charge in [-0.25, -0.2) is 0 Å². The largest absolute Gasteiger partial charge is 0.497 e. The Morgan fingerprint density at radius 1 is 1.47 bits per heavy atom. The van der Waals surface area contributed by atoms with Crippen molar-refractivity contribution in [3.05, 3.63) is 36.9 Å². The van der Waals surface area contributed by atoms with Crippen LogP contribution in [0.2, 0.25) is 0 Å². The number of methoxy groups -OCH3 is 1. The van der Waals surface area contributed by atoms with Gasteiger partial charge in [0.1, 0.15) is 5.75 Å². The number of hydrogen-bond donors (Lipinski definition) is 1. The Hall–Kier alpha value is -1.77. The third kappa shape index (κ3) is 3.85. The zero-order valence-corrected chi connectivity index (χ0v) is 8.82. The lowest BCUT2D eigenvalue weighted by Crippen LogP contribution is -2.10. The van der Waals surface area contributed by atoms with Crippen molar-refractivity contribution < 1.29 is 9.53 Å². The normalized spacial score (nSPS) is 9.40. The first-order valence-corrected chi connectivity index (χ1v) is 4.81. The van der Waals surface area contributed by atoms with Gasteiger partial charge in [0.15, 0.2) is 0 Å². The smallest absolute Gasteiger partial charge is 0.224 e. The second-order valence-corrected chi connectivity index (χ2v) is 3.10. The molecule has 1 aromatic carbocycles. The number of rotatable bonds is 5. The summed E-state index contributed by atoms with van der Waals surface area (Å²) in [6, 6.07) is 7.24. The van der Waals surface area contributed by atoms with Crippen LogP contribution in [0.3, 0.4) is 0 Å². The lowest BCUT2D eigenvalue weighted by atomic mass is 10.2. The highest BCUT2D eigenvalue weighted by Gasteiger charge is 2.00. The van der Waals surface area contributed by atoms with Crippen LogP contribution >= 0.6 is 0 Å². The summed E-state index contributed by atoms with van der Waals surface area (Å²) in [5.41, 5.74) is 0.782. The highest BCUT2D eigenvalue weighted by atomic mass is 16.5. The van der Waals surface area contributed by atoms with Gasteiger partial charge in [0.25, 0.3) is 0 Å². The third-order valence-electron chi connectivity index (χ3n) is 1.95. The Balaban J connectivity index is 2.49. The molecule has 0 saturated carbocycles. The monoisotopic (exact) mass is 205 g/mol. The summed E-state index contributed by atoms with van der Waals surface area (Å²) in [7, 11) is 1.61. The first kappa shape index (κ1) is 11.3. The average Bonchev–Trinajstić information content (AvgIpc) is 2.27. The summed E-state index contributed by atoms with van der Waals surface area (Å²) in [5.74, 6) is 0.777. The van der Waals surface area contributed by atoms with E-state index in [0.717, 1.165) is 11.4 Å². The van der Waals surface area contributed by atoms with Crippen LogP contribution in [0, 0.1) is 0 Å². The number of ether oxygens (including phenoxy) is 1. The van der Waals surface area contributed by atoms with Crippen molar-refractivity contribution in [3.63, 3.8) is 0 Å². The van der Waals surface area contributed by atoms with Gasteiger partial charge in [0, 0.05) is 12.1 Å². The van der Waals surface area contributed by atoms with Crippen LogP contribution in [0.15, 0.2) is 36.9 Å². The molecule has 0 aliphatic rings. The van der Waals surface area contributed by atoms with E-state index in [1.165, 1.54) is 0 Å². The summed E-state index contributed by atoms with van der Waals surface area (Å²) in [4.78, 5) is 11.3. The third-order valence-corrected chi connectivity index (χ3v) is 1.95. The van der Waals surface area contributed by atoms with Crippen LogP contribution in [0.5, 0.6) is 5.75 Å². The number of anilines is 1. The molecule has 0 saturated heterocycles. The van der Waals surface area contributed by atoms with Gasteiger partial charge < -0.3 is 10.1 Å². The van der Waals surface area contributed by atoms with E-state index in [0.29, 0.717) is 12.8 Å². The van der Waals surface area contributed by atoms with Gasteiger partial charge in [-0.1, -0.05) is 6.08 Å². The minimum atomic E-state index is 0.0000619. The van der Waals surface area contributed by atoms with Crippen LogP contribution in [0.1, 0.15) is 12.8 Å². The fourth-order valence-corrected chi connectivity index (χ4v) is 1.13. The van der Waals surface area contributed by atoms with Crippen LogP contribution in [0.25, 0.3) is 0 Å². The van der Waals surface area contributed by atoms with E-state index in [1.54, 1.807) is 13.2 Å². The number of nitrogens with one attached hydrogen (secondary N) is 1. The first-order valence-electron chi connectivity index (χ1n) is 4.81.